The zero-order valence-corrected chi connectivity index (χ0v) is 28.0. The summed E-state index contributed by atoms with van der Waals surface area (Å²) in [6.07, 6.45) is 0.508. The quantitative estimate of drug-likeness (QED) is 0.111. The highest BCUT2D eigenvalue weighted by Gasteiger charge is 2.49. The van der Waals surface area contributed by atoms with E-state index in [-0.39, 0.29) is 31.0 Å². The highest BCUT2D eigenvalue weighted by molar-refractivity contribution is 7.52. The van der Waals surface area contributed by atoms with Crippen LogP contribution < -0.4 is 15.3 Å². The van der Waals surface area contributed by atoms with Crippen LogP contribution in [0.15, 0.2) is 48.8 Å². The molecule has 0 bridgehead atoms. The third-order valence-electron chi connectivity index (χ3n) is 7.59. The number of carbonyl (C=O) groups is 3. The summed E-state index contributed by atoms with van der Waals surface area (Å²) >= 11 is 0. The monoisotopic (exact) mass is 675 g/mol. The van der Waals surface area contributed by atoms with Crippen molar-refractivity contribution in [2.45, 2.75) is 77.2 Å². The van der Waals surface area contributed by atoms with E-state index in [4.69, 9.17) is 33.7 Å². The number of esters is 3. The summed E-state index contributed by atoms with van der Waals surface area (Å²) in [5.74, 6) is -1.19. The molecule has 1 aromatic carbocycles. The van der Waals surface area contributed by atoms with Gasteiger partial charge in [0.1, 0.15) is 29.2 Å². The number of anilines is 1. The molecule has 256 valence electrons. The maximum Gasteiger partial charge on any atom is 0.459 e. The number of benzene rings is 1. The van der Waals surface area contributed by atoms with E-state index in [0.29, 0.717) is 17.1 Å². The van der Waals surface area contributed by atoms with Gasteiger partial charge in [0.25, 0.3) is 0 Å². The van der Waals surface area contributed by atoms with E-state index in [1.54, 1.807) is 56.3 Å². The Labute approximate surface area is 273 Å². The van der Waals surface area contributed by atoms with Gasteiger partial charge in [0.2, 0.25) is 0 Å². The van der Waals surface area contributed by atoms with E-state index in [0.717, 1.165) is 12.8 Å². The summed E-state index contributed by atoms with van der Waals surface area (Å²) < 4.78 is 50.5. The molecule has 0 saturated heterocycles. The maximum atomic E-state index is 14.3. The van der Waals surface area contributed by atoms with Gasteiger partial charge in [-0.1, -0.05) is 32.0 Å². The Bertz CT molecular complexity index is 1580. The lowest BCUT2D eigenvalue weighted by molar-refractivity contribution is -0.201. The van der Waals surface area contributed by atoms with Gasteiger partial charge in [-0.15, -0.1) is 0 Å². The van der Waals surface area contributed by atoms with Crippen molar-refractivity contribution < 1.29 is 46.9 Å². The molecule has 3 aromatic rings. The molecular weight excluding hydrogens is 633 g/mol. The third-order valence-corrected chi connectivity index (χ3v) is 9.22. The first-order valence-corrected chi connectivity index (χ1v) is 16.9. The second kappa shape index (κ2) is 15.7. The molecule has 1 aliphatic carbocycles. The van der Waals surface area contributed by atoms with Crippen molar-refractivity contribution in [2.24, 2.45) is 5.92 Å². The molecule has 3 N–H and O–H groups in total. The van der Waals surface area contributed by atoms with Crippen LogP contribution in [0.2, 0.25) is 0 Å². The van der Waals surface area contributed by atoms with E-state index in [1.807, 2.05) is 0 Å². The van der Waals surface area contributed by atoms with E-state index in [2.05, 4.69) is 15.2 Å². The lowest BCUT2D eigenvalue weighted by atomic mass is 9.93. The molecule has 1 unspecified atom stereocenters. The Balaban J connectivity index is 1.69. The van der Waals surface area contributed by atoms with Crippen LogP contribution in [-0.2, 0) is 42.4 Å². The SMILES string of the molecule is CCC(=O)O[C@@H](c1ccc2c(N)ncnn12)[C@H](OC(=O)CC)[C@@](C)(COP(=O)(N[C@@H](C)C(=O)OCC1CC1)Oc1ccccc1)OC. The fraction of sp³-hybridized carbons (Fsp3) is 0.516. The summed E-state index contributed by atoms with van der Waals surface area (Å²) in [6, 6.07) is 10.4. The minimum atomic E-state index is -4.36. The number of aromatic nitrogens is 3. The van der Waals surface area contributed by atoms with E-state index in [9.17, 15) is 18.9 Å². The maximum absolute atomic E-state index is 14.3. The Hall–Kier alpha value is -4.04. The second-order valence-electron chi connectivity index (χ2n) is 11.3. The first-order chi connectivity index (χ1) is 22.4. The topological polar surface area (TPSA) is 192 Å². The largest absolute Gasteiger partial charge is 0.464 e. The number of nitrogen functional groups attached to an aromatic ring is 1. The van der Waals surface area contributed by atoms with Crippen LogP contribution in [0.25, 0.3) is 5.52 Å². The molecule has 0 spiro atoms. The van der Waals surface area contributed by atoms with Crippen molar-refractivity contribution in [3.05, 3.63) is 54.5 Å². The standard InChI is InChI=1S/C31H42N5O10P/c1-6-25(37)44-27(23-15-16-24-29(32)33-19-34-36(23)24)28(45-26(38)7-2)31(4,41-5)18-43-47(40,46-22-11-9-8-10-12-22)35-20(3)30(39)42-17-21-13-14-21/h8-12,15-16,19-21,27-28H,6-7,13-14,17-18H2,1-5H3,(H,35,40)(H2,32,33,34)/t20-,27-,28-,31+,47?/m0/s1. The molecular formula is C31H42N5O10P. The molecule has 2 heterocycles. The molecule has 5 atom stereocenters. The van der Waals surface area contributed by atoms with Gasteiger partial charge >= 0.3 is 25.7 Å². The number of rotatable bonds is 18. The zero-order chi connectivity index (χ0) is 34.2. The van der Waals surface area contributed by atoms with Gasteiger partial charge in [-0.2, -0.15) is 10.2 Å². The van der Waals surface area contributed by atoms with E-state index < -0.39 is 56.1 Å². The first-order valence-electron chi connectivity index (χ1n) is 15.4. The summed E-state index contributed by atoms with van der Waals surface area (Å²) in [7, 11) is -3.03. The number of nitrogens with zero attached hydrogens (tertiary/aromatic N) is 3. The Morgan fingerprint density at radius 2 is 1.77 bits per heavy atom. The van der Waals surface area contributed by atoms with Crippen LogP contribution in [0.4, 0.5) is 5.82 Å². The normalized spacial score (nSPS) is 17.5. The predicted octanol–water partition coefficient (Wildman–Crippen LogP) is 4.17. The van der Waals surface area contributed by atoms with Crippen molar-refractivity contribution in [3.63, 3.8) is 0 Å². The lowest BCUT2D eigenvalue weighted by Gasteiger charge is -2.39. The molecule has 0 radical (unpaired) electrons. The molecule has 0 aliphatic heterocycles. The minimum absolute atomic E-state index is 0.00431. The number of nitrogens with two attached hydrogens (primary N) is 1. The van der Waals surface area contributed by atoms with Crippen molar-refractivity contribution in [2.75, 3.05) is 26.1 Å². The predicted molar refractivity (Wildman–Crippen MR) is 169 cm³/mol. The molecule has 2 aromatic heterocycles. The molecule has 0 amide bonds. The number of fused-ring (bicyclic) bond motifs is 1. The summed E-state index contributed by atoms with van der Waals surface area (Å²) in [5, 5.41) is 6.91. The van der Waals surface area contributed by atoms with Gasteiger partial charge < -0.3 is 29.2 Å². The smallest absolute Gasteiger partial charge is 0.459 e. The Morgan fingerprint density at radius 1 is 1.09 bits per heavy atom. The summed E-state index contributed by atoms with van der Waals surface area (Å²) in [6.45, 7) is 5.96. The number of hydrogen-bond donors (Lipinski definition) is 2. The fourth-order valence-corrected chi connectivity index (χ4v) is 6.09. The number of nitrogens with one attached hydrogen (secondary N) is 1. The van der Waals surface area contributed by atoms with Crippen LogP contribution in [0, 0.1) is 5.92 Å². The fourth-order valence-electron chi connectivity index (χ4n) is 4.50. The van der Waals surface area contributed by atoms with Crippen molar-refractivity contribution >= 4 is 37.0 Å². The van der Waals surface area contributed by atoms with Gasteiger partial charge in [-0.3, -0.25) is 18.9 Å². The Kier molecular flexibility index (Phi) is 12.0. The van der Waals surface area contributed by atoms with Crippen molar-refractivity contribution in [1.29, 1.82) is 0 Å². The van der Waals surface area contributed by atoms with Crippen LogP contribution in [-0.4, -0.2) is 70.6 Å². The van der Waals surface area contributed by atoms with Gasteiger partial charge in [0.05, 0.1) is 18.9 Å². The molecule has 16 heteroatoms. The molecule has 47 heavy (non-hydrogen) atoms. The molecule has 4 rings (SSSR count). The average molecular weight is 676 g/mol. The van der Waals surface area contributed by atoms with Crippen LogP contribution in [0.1, 0.15) is 65.2 Å². The zero-order valence-electron chi connectivity index (χ0n) is 27.1. The number of para-hydroxylation sites is 1. The summed E-state index contributed by atoms with van der Waals surface area (Å²) in [5.41, 5.74) is 5.12. The third kappa shape index (κ3) is 9.28. The number of carbonyl (C=O) groups excluding carboxylic acids is 3. The molecule has 1 fully saturated rings. The first kappa shape index (κ1) is 35.8. The van der Waals surface area contributed by atoms with Gasteiger partial charge in [-0.05, 0) is 56.9 Å². The highest BCUT2D eigenvalue weighted by Crippen LogP contribution is 2.47. The van der Waals surface area contributed by atoms with Gasteiger partial charge in [0, 0.05) is 20.0 Å². The number of methoxy groups -OCH3 is 1. The van der Waals surface area contributed by atoms with Gasteiger partial charge in [-0.25, -0.2) is 14.1 Å². The Morgan fingerprint density at radius 3 is 2.40 bits per heavy atom. The van der Waals surface area contributed by atoms with Gasteiger partial charge in [0.15, 0.2) is 18.0 Å². The highest BCUT2D eigenvalue weighted by atomic mass is 31.2. The van der Waals surface area contributed by atoms with Crippen LogP contribution in [0.3, 0.4) is 0 Å². The lowest BCUT2D eigenvalue weighted by Crippen LogP contribution is -2.52. The van der Waals surface area contributed by atoms with Crippen LogP contribution in [0.5, 0.6) is 5.75 Å². The number of hydrogen-bond acceptors (Lipinski definition) is 13. The average Bonchev–Trinajstić information content (AvgIpc) is 3.80. The van der Waals surface area contributed by atoms with Crippen molar-refractivity contribution in [1.82, 2.24) is 19.7 Å². The molecule has 15 nitrogen and oxygen atoms in total. The van der Waals surface area contributed by atoms with E-state index >= 15 is 0 Å². The second-order valence-corrected chi connectivity index (χ2v) is 13.0. The molecule has 1 saturated carbocycles. The summed E-state index contributed by atoms with van der Waals surface area (Å²) in [4.78, 5) is 42.4. The van der Waals surface area contributed by atoms with E-state index in [1.165, 1.54) is 31.8 Å². The van der Waals surface area contributed by atoms with Crippen LogP contribution >= 0.6 is 7.75 Å². The minimum Gasteiger partial charge on any atom is -0.464 e. The number of ether oxygens (including phenoxy) is 4. The van der Waals surface area contributed by atoms with Crippen molar-refractivity contribution in [3.8, 4) is 5.75 Å². The molecule has 1 aliphatic rings.